The van der Waals surface area contributed by atoms with E-state index in [1.807, 2.05) is 31.2 Å². The van der Waals surface area contributed by atoms with Crippen LogP contribution in [0.25, 0.3) is 0 Å². The van der Waals surface area contributed by atoms with Crippen molar-refractivity contribution < 1.29 is 14.6 Å². The summed E-state index contributed by atoms with van der Waals surface area (Å²) in [5, 5.41) is 19.3. The molecular formula is C20H24N2O3. The molecule has 1 heterocycles. The predicted molar refractivity (Wildman–Crippen MR) is 94.2 cm³/mol. The highest BCUT2D eigenvalue weighted by atomic mass is 16.5. The Balaban J connectivity index is 1.88. The first-order chi connectivity index (χ1) is 12.1. The van der Waals surface area contributed by atoms with Crippen LogP contribution in [0.1, 0.15) is 50.5 Å². The molecule has 0 bridgehead atoms. The molecule has 1 N–H and O–H groups in total. The van der Waals surface area contributed by atoms with E-state index < -0.39 is 17.9 Å². The standard InChI is InChI=1S/C20H24N2O3/c1-3-17-16(12-21)18(19(20(23)24)22(17)2)13-8-10-15(11-9-13)25-14-6-4-5-7-14/h8-11,14,18-19H,3-7H2,1-2H3,(H,23,24). The highest BCUT2D eigenvalue weighted by Crippen LogP contribution is 2.41. The normalized spacial score (nSPS) is 23.8. The lowest BCUT2D eigenvalue weighted by Gasteiger charge is -2.25. The average molecular weight is 340 g/mol. The van der Waals surface area contributed by atoms with E-state index in [1.165, 1.54) is 12.8 Å². The van der Waals surface area contributed by atoms with Crippen molar-refractivity contribution >= 4 is 5.97 Å². The summed E-state index contributed by atoms with van der Waals surface area (Å²) in [6, 6.07) is 9.08. The molecule has 132 valence electrons. The third-order valence-electron chi connectivity index (χ3n) is 5.33. The number of allylic oxidation sites excluding steroid dienone is 1. The Labute approximate surface area is 148 Å². The fourth-order valence-corrected chi connectivity index (χ4v) is 4.10. The van der Waals surface area contributed by atoms with Crippen molar-refractivity contribution in [2.24, 2.45) is 0 Å². The molecule has 0 amide bonds. The van der Waals surface area contributed by atoms with Crippen molar-refractivity contribution in [2.45, 2.75) is 57.1 Å². The predicted octanol–water partition coefficient (Wildman–Crippen LogP) is 3.68. The third kappa shape index (κ3) is 3.21. The maximum absolute atomic E-state index is 11.8. The van der Waals surface area contributed by atoms with Crippen LogP contribution in [0.5, 0.6) is 5.75 Å². The van der Waals surface area contributed by atoms with Crippen LogP contribution in [0.2, 0.25) is 0 Å². The number of hydrogen-bond donors (Lipinski definition) is 1. The molecule has 25 heavy (non-hydrogen) atoms. The summed E-state index contributed by atoms with van der Waals surface area (Å²) in [5.74, 6) is -0.537. The molecule has 5 heteroatoms. The number of hydrogen-bond acceptors (Lipinski definition) is 4. The van der Waals surface area contributed by atoms with E-state index >= 15 is 0 Å². The van der Waals surface area contributed by atoms with Gasteiger partial charge in [-0.05, 0) is 49.8 Å². The van der Waals surface area contributed by atoms with Crippen molar-refractivity contribution in [3.05, 3.63) is 41.1 Å². The van der Waals surface area contributed by atoms with Gasteiger partial charge >= 0.3 is 5.97 Å². The summed E-state index contributed by atoms with van der Waals surface area (Å²) in [6.07, 6.45) is 5.55. The Morgan fingerprint density at radius 1 is 1.32 bits per heavy atom. The molecule has 0 saturated heterocycles. The number of carbonyl (C=O) groups is 1. The zero-order valence-corrected chi connectivity index (χ0v) is 14.7. The molecule has 1 aliphatic carbocycles. The topological polar surface area (TPSA) is 73.6 Å². The Kier molecular flexibility index (Phi) is 4.98. The van der Waals surface area contributed by atoms with Crippen LogP contribution in [-0.2, 0) is 4.79 Å². The molecule has 2 atom stereocenters. The lowest BCUT2D eigenvalue weighted by atomic mass is 9.87. The zero-order chi connectivity index (χ0) is 18.0. The quantitative estimate of drug-likeness (QED) is 0.885. The monoisotopic (exact) mass is 340 g/mol. The summed E-state index contributed by atoms with van der Waals surface area (Å²) in [5.41, 5.74) is 2.21. The van der Waals surface area contributed by atoms with Gasteiger partial charge in [-0.1, -0.05) is 19.1 Å². The molecule has 2 aliphatic rings. The van der Waals surface area contributed by atoms with E-state index in [0.717, 1.165) is 29.9 Å². The number of ether oxygens (including phenoxy) is 1. The van der Waals surface area contributed by atoms with Crippen LogP contribution >= 0.6 is 0 Å². The lowest BCUT2D eigenvalue weighted by molar-refractivity contribution is -0.142. The molecule has 2 unspecified atom stereocenters. The molecule has 0 radical (unpaired) electrons. The summed E-state index contributed by atoms with van der Waals surface area (Å²) < 4.78 is 5.98. The van der Waals surface area contributed by atoms with Gasteiger partial charge in [-0.25, -0.2) is 4.79 Å². The minimum atomic E-state index is -0.907. The van der Waals surface area contributed by atoms with E-state index in [-0.39, 0.29) is 6.10 Å². The first-order valence-electron chi connectivity index (χ1n) is 8.92. The highest BCUT2D eigenvalue weighted by Gasteiger charge is 2.43. The molecule has 1 aromatic rings. The molecule has 1 saturated carbocycles. The van der Waals surface area contributed by atoms with Gasteiger partial charge in [0.1, 0.15) is 11.8 Å². The van der Waals surface area contributed by atoms with Gasteiger partial charge in [0.25, 0.3) is 0 Å². The van der Waals surface area contributed by atoms with E-state index in [2.05, 4.69) is 6.07 Å². The number of aliphatic carboxylic acids is 1. The fraction of sp³-hybridized carbons (Fsp3) is 0.500. The molecule has 1 aromatic carbocycles. The van der Waals surface area contributed by atoms with E-state index in [4.69, 9.17) is 4.74 Å². The summed E-state index contributed by atoms with van der Waals surface area (Å²) >= 11 is 0. The highest BCUT2D eigenvalue weighted by molar-refractivity contribution is 5.78. The minimum Gasteiger partial charge on any atom is -0.490 e. The first-order valence-corrected chi connectivity index (χ1v) is 8.92. The Morgan fingerprint density at radius 3 is 2.48 bits per heavy atom. The second kappa shape index (κ2) is 7.18. The van der Waals surface area contributed by atoms with Crippen molar-refractivity contribution in [2.75, 3.05) is 7.05 Å². The van der Waals surface area contributed by atoms with Crippen molar-refractivity contribution in [3.63, 3.8) is 0 Å². The maximum Gasteiger partial charge on any atom is 0.327 e. The smallest absolute Gasteiger partial charge is 0.327 e. The van der Waals surface area contributed by atoms with Gasteiger partial charge in [-0.3, -0.25) is 0 Å². The molecule has 1 fully saturated rings. The zero-order valence-electron chi connectivity index (χ0n) is 14.7. The van der Waals surface area contributed by atoms with Gasteiger partial charge in [0.2, 0.25) is 0 Å². The Morgan fingerprint density at radius 2 is 1.96 bits per heavy atom. The second-order valence-electron chi connectivity index (χ2n) is 6.79. The van der Waals surface area contributed by atoms with Crippen LogP contribution in [0.15, 0.2) is 35.5 Å². The largest absolute Gasteiger partial charge is 0.490 e. The molecule has 0 spiro atoms. The van der Waals surface area contributed by atoms with Gasteiger partial charge < -0.3 is 14.7 Å². The van der Waals surface area contributed by atoms with E-state index in [9.17, 15) is 15.2 Å². The average Bonchev–Trinajstić information content (AvgIpc) is 3.20. The van der Waals surface area contributed by atoms with Gasteiger partial charge in [-0.15, -0.1) is 0 Å². The van der Waals surface area contributed by atoms with E-state index in [1.54, 1.807) is 11.9 Å². The molecular weight excluding hydrogens is 316 g/mol. The number of rotatable bonds is 5. The van der Waals surface area contributed by atoms with E-state index in [0.29, 0.717) is 12.0 Å². The van der Waals surface area contributed by atoms with Crippen molar-refractivity contribution in [1.29, 1.82) is 5.26 Å². The van der Waals surface area contributed by atoms with Crippen LogP contribution in [0.4, 0.5) is 0 Å². The first kappa shape index (κ1) is 17.3. The third-order valence-corrected chi connectivity index (χ3v) is 5.33. The Hall–Kier alpha value is -2.48. The van der Waals surface area contributed by atoms with Crippen LogP contribution in [-0.4, -0.2) is 35.2 Å². The Bertz CT molecular complexity index is 711. The summed E-state index contributed by atoms with van der Waals surface area (Å²) in [4.78, 5) is 13.5. The summed E-state index contributed by atoms with van der Waals surface area (Å²) in [7, 11) is 1.76. The molecule has 0 aromatic heterocycles. The fourth-order valence-electron chi connectivity index (χ4n) is 4.10. The number of carboxylic acids is 1. The van der Waals surface area contributed by atoms with Gasteiger partial charge in [0.05, 0.1) is 23.7 Å². The van der Waals surface area contributed by atoms with Crippen LogP contribution in [0.3, 0.4) is 0 Å². The van der Waals surface area contributed by atoms with Crippen molar-refractivity contribution in [1.82, 2.24) is 4.90 Å². The van der Waals surface area contributed by atoms with Gasteiger partial charge in [0, 0.05) is 12.7 Å². The number of nitrogens with zero attached hydrogens (tertiary/aromatic N) is 2. The number of benzene rings is 1. The molecule has 3 rings (SSSR count). The second-order valence-corrected chi connectivity index (χ2v) is 6.79. The number of likely N-dealkylation sites (N-methyl/N-ethyl adjacent to an activating group) is 1. The number of carboxylic acid groups (broad SMARTS) is 1. The SMILES string of the molecule is CCC1=C(C#N)C(c2ccc(OC3CCCC3)cc2)C(C(=O)O)N1C. The van der Waals surface area contributed by atoms with Crippen molar-refractivity contribution in [3.8, 4) is 11.8 Å². The van der Waals surface area contributed by atoms with Crippen LogP contribution in [0, 0.1) is 11.3 Å². The molecule has 5 nitrogen and oxygen atoms in total. The summed E-state index contributed by atoms with van der Waals surface area (Å²) in [6.45, 7) is 1.95. The number of nitriles is 1. The minimum absolute atomic E-state index is 0.288. The van der Waals surface area contributed by atoms with Gasteiger partial charge in [0.15, 0.2) is 0 Å². The van der Waals surface area contributed by atoms with Crippen LogP contribution < -0.4 is 4.74 Å². The van der Waals surface area contributed by atoms with Gasteiger partial charge in [-0.2, -0.15) is 5.26 Å². The molecule has 1 aliphatic heterocycles. The maximum atomic E-state index is 11.8. The lowest BCUT2D eigenvalue weighted by Crippen LogP contribution is -2.37.